The van der Waals surface area contributed by atoms with Gasteiger partial charge >= 0.3 is 0 Å². The van der Waals surface area contributed by atoms with Crippen molar-refractivity contribution in [3.63, 3.8) is 0 Å². The number of nitrogens with zero attached hydrogens (tertiary/aromatic N) is 3. The lowest BCUT2D eigenvalue weighted by Crippen LogP contribution is -1.94. The molecule has 0 amide bonds. The van der Waals surface area contributed by atoms with Crippen LogP contribution in [0.2, 0.25) is 5.02 Å². The Morgan fingerprint density at radius 3 is 2.75 bits per heavy atom. The van der Waals surface area contributed by atoms with Crippen molar-refractivity contribution in [3.8, 4) is 17.7 Å². The Bertz CT molecular complexity index is 708. The summed E-state index contributed by atoms with van der Waals surface area (Å²) in [5, 5.41) is 19.6. The van der Waals surface area contributed by atoms with Gasteiger partial charge in [-0.2, -0.15) is 5.26 Å². The maximum Gasteiger partial charge on any atom is 0.291 e. The van der Waals surface area contributed by atoms with Crippen molar-refractivity contribution in [2.24, 2.45) is 0 Å². The highest BCUT2D eigenvalue weighted by Crippen LogP contribution is 2.33. The number of hydrogen-bond acceptors (Lipinski definition) is 5. The fourth-order valence-electron chi connectivity index (χ4n) is 1.51. The van der Waals surface area contributed by atoms with E-state index in [1.54, 1.807) is 13.0 Å². The van der Waals surface area contributed by atoms with E-state index in [2.05, 4.69) is 4.98 Å². The fraction of sp³-hybridized carbons (Fsp3) is 0.0769. The standard InChI is InChI=1S/C13H8ClN3O3/c1-8-4-10(14)11(17(18)19)5-12(8)20-13-3-2-9(6-15)7-16-13/h2-5,7H,1H3. The quantitative estimate of drug-likeness (QED) is 0.636. The molecule has 0 unspecified atom stereocenters. The molecule has 1 aromatic heterocycles. The van der Waals surface area contributed by atoms with E-state index < -0.39 is 4.92 Å². The molecular weight excluding hydrogens is 282 g/mol. The van der Waals surface area contributed by atoms with Crippen LogP contribution in [-0.2, 0) is 0 Å². The van der Waals surface area contributed by atoms with E-state index in [-0.39, 0.29) is 16.6 Å². The average molecular weight is 290 g/mol. The minimum absolute atomic E-state index is 0.0487. The summed E-state index contributed by atoms with van der Waals surface area (Å²) in [7, 11) is 0. The lowest BCUT2D eigenvalue weighted by Gasteiger charge is -2.08. The highest BCUT2D eigenvalue weighted by atomic mass is 35.5. The zero-order chi connectivity index (χ0) is 14.7. The minimum Gasteiger partial charge on any atom is -0.439 e. The Hall–Kier alpha value is -2.65. The van der Waals surface area contributed by atoms with Crippen LogP contribution in [0, 0.1) is 28.4 Å². The van der Waals surface area contributed by atoms with Crippen LogP contribution in [0.25, 0.3) is 0 Å². The van der Waals surface area contributed by atoms with Gasteiger partial charge in [-0.1, -0.05) is 11.6 Å². The molecule has 0 aliphatic heterocycles. The molecule has 0 radical (unpaired) electrons. The number of hydrogen-bond donors (Lipinski definition) is 0. The SMILES string of the molecule is Cc1cc(Cl)c([N+](=O)[O-])cc1Oc1ccc(C#N)cn1. The molecule has 1 heterocycles. The number of pyridine rings is 1. The van der Waals surface area contributed by atoms with E-state index >= 15 is 0 Å². The fourth-order valence-corrected chi connectivity index (χ4v) is 1.80. The van der Waals surface area contributed by atoms with E-state index in [0.29, 0.717) is 16.9 Å². The molecule has 0 N–H and O–H groups in total. The summed E-state index contributed by atoms with van der Waals surface area (Å²) >= 11 is 5.79. The van der Waals surface area contributed by atoms with Crippen LogP contribution in [0.3, 0.4) is 0 Å². The second-order valence-corrected chi connectivity index (χ2v) is 4.33. The number of nitriles is 1. The van der Waals surface area contributed by atoms with Crippen molar-refractivity contribution in [1.82, 2.24) is 4.98 Å². The van der Waals surface area contributed by atoms with Crippen LogP contribution in [0.15, 0.2) is 30.5 Å². The van der Waals surface area contributed by atoms with E-state index in [1.165, 1.54) is 24.4 Å². The van der Waals surface area contributed by atoms with Crippen LogP contribution in [0.5, 0.6) is 11.6 Å². The molecular formula is C13H8ClN3O3. The van der Waals surface area contributed by atoms with Gasteiger partial charge in [0.2, 0.25) is 5.88 Å². The number of nitro groups is 1. The normalized spacial score (nSPS) is 9.85. The molecule has 0 fully saturated rings. The van der Waals surface area contributed by atoms with E-state index in [1.807, 2.05) is 6.07 Å². The summed E-state index contributed by atoms with van der Waals surface area (Å²) < 4.78 is 5.47. The van der Waals surface area contributed by atoms with Crippen molar-refractivity contribution in [2.45, 2.75) is 6.92 Å². The van der Waals surface area contributed by atoms with Gasteiger partial charge in [0, 0.05) is 12.3 Å². The first-order chi connectivity index (χ1) is 9.51. The number of benzene rings is 1. The predicted octanol–water partition coefficient (Wildman–Crippen LogP) is 3.62. The first-order valence-corrected chi connectivity index (χ1v) is 5.87. The molecule has 6 nitrogen and oxygen atoms in total. The van der Waals surface area contributed by atoms with Crippen LogP contribution >= 0.6 is 11.6 Å². The Morgan fingerprint density at radius 1 is 1.45 bits per heavy atom. The maximum absolute atomic E-state index is 10.8. The van der Waals surface area contributed by atoms with Crippen LogP contribution in [0.4, 0.5) is 5.69 Å². The highest BCUT2D eigenvalue weighted by molar-refractivity contribution is 6.32. The molecule has 1 aromatic carbocycles. The van der Waals surface area contributed by atoms with Gasteiger partial charge in [0.25, 0.3) is 5.69 Å². The van der Waals surface area contributed by atoms with Gasteiger partial charge in [0.15, 0.2) is 0 Å². The van der Waals surface area contributed by atoms with Crippen molar-refractivity contribution < 1.29 is 9.66 Å². The molecule has 100 valence electrons. The van der Waals surface area contributed by atoms with Crippen LogP contribution in [0.1, 0.15) is 11.1 Å². The molecule has 0 bridgehead atoms. The Kier molecular flexibility index (Phi) is 3.82. The second-order valence-electron chi connectivity index (χ2n) is 3.93. The summed E-state index contributed by atoms with van der Waals surface area (Å²) in [4.78, 5) is 14.2. The zero-order valence-electron chi connectivity index (χ0n) is 10.3. The van der Waals surface area contributed by atoms with Gasteiger partial charge in [0.1, 0.15) is 16.8 Å². The van der Waals surface area contributed by atoms with Gasteiger partial charge in [-0.3, -0.25) is 10.1 Å². The smallest absolute Gasteiger partial charge is 0.291 e. The van der Waals surface area contributed by atoms with Crippen LogP contribution in [-0.4, -0.2) is 9.91 Å². The van der Waals surface area contributed by atoms with Gasteiger partial charge in [-0.05, 0) is 24.6 Å². The Balaban J connectivity index is 2.35. The molecule has 2 aromatic rings. The molecule has 0 saturated carbocycles. The van der Waals surface area contributed by atoms with Gasteiger partial charge in [-0.15, -0.1) is 0 Å². The van der Waals surface area contributed by atoms with Gasteiger partial charge in [0.05, 0.1) is 16.6 Å². The van der Waals surface area contributed by atoms with Crippen molar-refractivity contribution >= 4 is 17.3 Å². The van der Waals surface area contributed by atoms with Crippen molar-refractivity contribution in [2.75, 3.05) is 0 Å². The highest BCUT2D eigenvalue weighted by Gasteiger charge is 2.16. The minimum atomic E-state index is -0.582. The molecule has 20 heavy (non-hydrogen) atoms. The Labute approximate surface area is 119 Å². The first-order valence-electron chi connectivity index (χ1n) is 5.50. The lowest BCUT2D eigenvalue weighted by atomic mass is 10.2. The summed E-state index contributed by atoms with van der Waals surface area (Å²) in [6, 6.07) is 7.70. The Morgan fingerprint density at radius 2 is 2.20 bits per heavy atom. The van der Waals surface area contributed by atoms with Gasteiger partial charge in [-0.25, -0.2) is 4.98 Å². The van der Waals surface area contributed by atoms with Crippen molar-refractivity contribution in [1.29, 1.82) is 5.26 Å². The van der Waals surface area contributed by atoms with E-state index in [9.17, 15) is 10.1 Å². The number of nitro benzene ring substituents is 1. The second kappa shape index (κ2) is 5.55. The maximum atomic E-state index is 10.8. The van der Waals surface area contributed by atoms with E-state index in [4.69, 9.17) is 21.6 Å². The molecule has 7 heteroatoms. The summed E-state index contributed by atoms with van der Waals surface area (Å²) in [5.74, 6) is 0.530. The monoisotopic (exact) mass is 289 g/mol. The van der Waals surface area contributed by atoms with E-state index in [0.717, 1.165) is 0 Å². The molecule has 0 atom stereocenters. The van der Waals surface area contributed by atoms with Crippen molar-refractivity contribution in [3.05, 3.63) is 56.7 Å². The molecule has 0 aliphatic carbocycles. The summed E-state index contributed by atoms with van der Waals surface area (Å²) in [6.07, 6.45) is 1.36. The third-order valence-corrected chi connectivity index (χ3v) is 2.82. The first kappa shape index (κ1) is 13.8. The topological polar surface area (TPSA) is 89.0 Å². The van der Waals surface area contributed by atoms with Crippen LogP contribution < -0.4 is 4.74 Å². The third-order valence-electron chi connectivity index (χ3n) is 2.52. The number of ether oxygens (including phenoxy) is 1. The van der Waals surface area contributed by atoms with Gasteiger partial charge < -0.3 is 4.74 Å². The summed E-state index contributed by atoms with van der Waals surface area (Å²) in [6.45, 7) is 1.72. The largest absolute Gasteiger partial charge is 0.439 e. The molecule has 0 aliphatic rings. The predicted molar refractivity (Wildman–Crippen MR) is 71.9 cm³/mol. The third kappa shape index (κ3) is 2.84. The molecule has 0 spiro atoms. The number of aryl methyl sites for hydroxylation is 1. The lowest BCUT2D eigenvalue weighted by molar-refractivity contribution is -0.384. The summed E-state index contributed by atoms with van der Waals surface area (Å²) in [5.41, 5.74) is 0.809. The number of halogens is 1. The number of aromatic nitrogens is 1. The molecule has 0 saturated heterocycles. The molecule has 2 rings (SSSR count). The average Bonchev–Trinajstić information content (AvgIpc) is 2.42. The zero-order valence-corrected chi connectivity index (χ0v) is 11.1. The number of rotatable bonds is 3.